The van der Waals surface area contributed by atoms with Crippen molar-refractivity contribution in [2.45, 2.75) is 38.3 Å². The lowest BCUT2D eigenvalue weighted by molar-refractivity contribution is 0.201. The number of hydrogen-bond donors (Lipinski definition) is 2. The molecule has 0 aliphatic heterocycles. The van der Waals surface area contributed by atoms with Crippen LogP contribution in [-0.2, 0) is 6.54 Å². The van der Waals surface area contributed by atoms with Crippen molar-refractivity contribution < 1.29 is 4.74 Å². The van der Waals surface area contributed by atoms with E-state index in [2.05, 4.69) is 20.3 Å². The normalized spacial score (nSPS) is 14.9. The number of ether oxygens (including phenoxy) is 1. The molecule has 3 rings (SSSR count). The molecule has 0 amide bonds. The van der Waals surface area contributed by atoms with Crippen molar-refractivity contribution >= 4 is 35.8 Å². The van der Waals surface area contributed by atoms with Gasteiger partial charge in [0.25, 0.3) is 0 Å². The SMILES string of the molecule is I.NC(=NCc1ccnc(OC2CCCC2)c1)Nc1ccccn1. The molecule has 0 bridgehead atoms. The molecule has 7 heteroatoms. The van der Waals surface area contributed by atoms with Gasteiger partial charge in [-0.1, -0.05) is 6.07 Å². The average Bonchev–Trinajstić information content (AvgIpc) is 3.07. The van der Waals surface area contributed by atoms with E-state index in [9.17, 15) is 0 Å². The Morgan fingerprint density at radius 2 is 2.04 bits per heavy atom. The lowest BCUT2D eigenvalue weighted by atomic mass is 10.2. The van der Waals surface area contributed by atoms with Crippen LogP contribution in [0.25, 0.3) is 0 Å². The van der Waals surface area contributed by atoms with E-state index in [4.69, 9.17) is 10.5 Å². The molecular formula is C17H22IN5O. The maximum atomic E-state index is 5.90. The van der Waals surface area contributed by atoms with E-state index in [-0.39, 0.29) is 24.0 Å². The molecule has 3 N–H and O–H groups in total. The van der Waals surface area contributed by atoms with E-state index in [1.807, 2.05) is 30.3 Å². The molecule has 0 atom stereocenters. The van der Waals surface area contributed by atoms with E-state index in [0.29, 0.717) is 30.3 Å². The van der Waals surface area contributed by atoms with Crippen molar-refractivity contribution in [2.24, 2.45) is 10.7 Å². The van der Waals surface area contributed by atoms with Crippen LogP contribution in [0.2, 0.25) is 0 Å². The molecule has 1 fully saturated rings. The topological polar surface area (TPSA) is 85.4 Å². The van der Waals surface area contributed by atoms with Crippen LogP contribution >= 0.6 is 24.0 Å². The van der Waals surface area contributed by atoms with E-state index in [1.54, 1.807) is 12.4 Å². The highest BCUT2D eigenvalue weighted by Gasteiger charge is 2.16. The number of aliphatic imine (C=N–C) groups is 1. The highest BCUT2D eigenvalue weighted by atomic mass is 127. The summed E-state index contributed by atoms with van der Waals surface area (Å²) < 4.78 is 5.90. The fourth-order valence-electron chi connectivity index (χ4n) is 2.57. The van der Waals surface area contributed by atoms with Crippen molar-refractivity contribution in [3.05, 3.63) is 48.3 Å². The lowest BCUT2D eigenvalue weighted by Crippen LogP contribution is -2.23. The molecule has 0 saturated heterocycles. The Labute approximate surface area is 159 Å². The van der Waals surface area contributed by atoms with Crippen LogP contribution < -0.4 is 15.8 Å². The minimum Gasteiger partial charge on any atom is -0.474 e. The van der Waals surface area contributed by atoms with Crippen LogP contribution in [0.3, 0.4) is 0 Å². The molecular weight excluding hydrogens is 417 g/mol. The minimum absolute atomic E-state index is 0. The van der Waals surface area contributed by atoms with E-state index in [0.717, 1.165) is 18.4 Å². The smallest absolute Gasteiger partial charge is 0.213 e. The monoisotopic (exact) mass is 439 g/mol. The summed E-state index contributed by atoms with van der Waals surface area (Å²) in [5, 5.41) is 2.96. The Hall–Kier alpha value is -1.90. The molecule has 1 aliphatic rings. The van der Waals surface area contributed by atoms with Crippen molar-refractivity contribution in [3.8, 4) is 5.88 Å². The molecule has 24 heavy (non-hydrogen) atoms. The Balaban J connectivity index is 0.00000208. The van der Waals surface area contributed by atoms with E-state index in [1.165, 1.54) is 12.8 Å². The first-order valence-electron chi connectivity index (χ1n) is 7.89. The molecule has 1 aliphatic carbocycles. The number of nitrogens with one attached hydrogen (secondary N) is 1. The first-order valence-corrected chi connectivity index (χ1v) is 7.89. The molecule has 0 unspecified atom stereocenters. The van der Waals surface area contributed by atoms with Crippen LogP contribution in [0.15, 0.2) is 47.7 Å². The quantitative estimate of drug-likeness (QED) is 0.424. The molecule has 0 radical (unpaired) electrons. The standard InChI is InChI=1S/C17H21N5O.HI/c18-17(22-15-7-3-4-9-19-15)21-12-13-8-10-20-16(11-13)23-14-5-1-2-6-14;/h3-4,7-11,14H,1-2,5-6,12H2,(H3,18,19,21,22);1H. The molecule has 128 valence electrons. The van der Waals surface area contributed by atoms with Crippen LogP contribution in [0.5, 0.6) is 5.88 Å². The summed E-state index contributed by atoms with van der Waals surface area (Å²) >= 11 is 0. The molecule has 0 aromatic carbocycles. The molecule has 2 aromatic heterocycles. The van der Waals surface area contributed by atoms with Crippen LogP contribution in [0.4, 0.5) is 5.82 Å². The van der Waals surface area contributed by atoms with Gasteiger partial charge in [-0.15, -0.1) is 24.0 Å². The predicted octanol–water partition coefficient (Wildman–Crippen LogP) is 3.34. The van der Waals surface area contributed by atoms with Gasteiger partial charge in [0.15, 0.2) is 5.96 Å². The highest BCUT2D eigenvalue weighted by Crippen LogP contribution is 2.23. The Morgan fingerprint density at radius 1 is 1.21 bits per heavy atom. The van der Waals surface area contributed by atoms with Crippen molar-refractivity contribution in [1.82, 2.24) is 9.97 Å². The lowest BCUT2D eigenvalue weighted by Gasteiger charge is -2.12. The molecule has 2 aromatic rings. The number of halogens is 1. The van der Waals surface area contributed by atoms with Gasteiger partial charge >= 0.3 is 0 Å². The number of nitrogens with zero attached hydrogens (tertiary/aromatic N) is 3. The van der Waals surface area contributed by atoms with Gasteiger partial charge in [0.05, 0.1) is 6.54 Å². The average molecular weight is 439 g/mol. The summed E-state index contributed by atoms with van der Waals surface area (Å²) in [7, 11) is 0. The summed E-state index contributed by atoms with van der Waals surface area (Å²) in [6, 6.07) is 9.41. The second kappa shape index (κ2) is 9.41. The summed E-state index contributed by atoms with van der Waals surface area (Å²) in [6.07, 6.45) is 8.46. The summed E-state index contributed by atoms with van der Waals surface area (Å²) in [5.41, 5.74) is 6.89. The van der Waals surface area contributed by atoms with Crippen LogP contribution in [0, 0.1) is 0 Å². The zero-order chi connectivity index (χ0) is 15.9. The third-order valence-corrected chi connectivity index (χ3v) is 3.74. The Kier molecular flexibility index (Phi) is 7.23. The Bertz CT molecular complexity index is 659. The van der Waals surface area contributed by atoms with Gasteiger partial charge in [-0.2, -0.15) is 0 Å². The number of nitrogens with two attached hydrogens (primary N) is 1. The number of anilines is 1. The summed E-state index contributed by atoms with van der Waals surface area (Å²) in [4.78, 5) is 12.7. The van der Waals surface area contributed by atoms with Gasteiger partial charge in [0, 0.05) is 18.5 Å². The summed E-state index contributed by atoms with van der Waals surface area (Å²) in [5.74, 6) is 1.67. The van der Waals surface area contributed by atoms with E-state index >= 15 is 0 Å². The zero-order valence-corrected chi connectivity index (χ0v) is 15.7. The van der Waals surface area contributed by atoms with Crippen molar-refractivity contribution in [3.63, 3.8) is 0 Å². The van der Waals surface area contributed by atoms with E-state index < -0.39 is 0 Å². The van der Waals surface area contributed by atoms with Gasteiger partial charge in [-0.25, -0.2) is 15.0 Å². The fraction of sp³-hybridized carbons (Fsp3) is 0.353. The zero-order valence-electron chi connectivity index (χ0n) is 13.4. The summed E-state index contributed by atoms with van der Waals surface area (Å²) in [6.45, 7) is 0.467. The number of hydrogen-bond acceptors (Lipinski definition) is 4. The van der Waals surface area contributed by atoms with Gasteiger partial charge in [-0.05, 0) is 49.4 Å². The third-order valence-electron chi connectivity index (χ3n) is 3.74. The number of guanidine groups is 1. The predicted molar refractivity (Wildman–Crippen MR) is 106 cm³/mol. The maximum absolute atomic E-state index is 5.90. The second-order valence-electron chi connectivity index (χ2n) is 5.57. The minimum atomic E-state index is 0. The number of aromatic nitrogens is 2. The van der Waals surface area contributed by atoms with Crippen molar-refractivity contribution in [1.29, 1.82) is 0 Å². The largest absolute Gasteiger partial charge is 0.474 e. The molecule has 2 heterocycles. The molecule has 6 nitrogen and oxygen atoms in total. The highest BCUT2D eigenvalue weighted by molar-refractivity contribution is 14.0. The molecule has 1 saturated carbocycles. The molecule has 0 spiro atoms. The maximum Gasteiger partial charge on any atom is 0.213 e. The fourth-order valence-corrected chi connectivity index (χ4v) is 2.57. The first-order chi connectivity index (χ1) is 11.3. The van der Waals surface area contributed by atoms with Gasteiger partial charge in [-0.3, -0.25) is 0 Å². The van der Waals surface area contributed by atoms with Crippen LogP contribution in [0.1, 0.15) is 31.2 Å². The van der Waals surface area contributed by atoms with Gasteiger partial charge in [0.1, 0.15) is 11.9 Å². The van der Waals surface area contributed by atoms with Gasteiger partial charge < -0.3 is 15.8 Å². The van der Waals surface area contributed by atoms with Gasteiger partial charge in [0.2, 0.25) is 5.88 Å². The first kappa shape index (κ1) is 18.4. The van der Waals surface area contributed by atoms with Crippen molar-refractivity contribution in [2.75, 3.05) is 5.32 Å². The Morgan fingerprint density at radius 3 is 2.79 bits per heavy atom. The second-order valence-corrected chi connectivity index (χ2v) is 5.57. The number of rotatable bonds is 5. The third kappa shape index (κ3) is 5.63. The number of pyridine rings is 2. The van der Waals surface area contributed by atoms with Crippen LogP contribution in [-0.4, -0.2) is 22.0 Å².